The quantitative estimate of drug-likeness (QED) is 0.256. The van der Waals surface area contributed by atoms with E-state index >= 15 is 0 Å². The van der Waals surface area contributed by atoms with E-state index in [2.05, 4.69) is 106 Å². The van der Waals surface area contributed by atoms with Crippen LogP contribution < -0.4 is 5.32 Å². The van der Waals surface area contributed by atoms with E-state index in [0.29, 0.717) is 5.92 Å². The van der Waals surface area contributed by atoms with Crippen molar-refractivity contribution in [3.63, 3.8) is 0 Å². The van der Waals surface area contributed by atoms with E-state index in [0.717, 1.165) is 36.9 Å². The van der Waals surface area contributed by atoms with Gasteiger partial charge in [0.2, 0.25) is 0 Å². The molecule has 1 unspecified atom stereocenters. The zero-order valence-electron chi connectivity index (χ0n) is 24.4. The van der Waals surface area contributed by atoms with Crippen LogP contribution >= 0.6 is 0 Å². The number of pyridine rings is 1. The summed E-state index contributed by atoms with van der Waals surface area (Å²) in [5.74, 6) is 0.431. The van der Waals surface area contributed by atoms with Crippen LogP contribution in [0.3, 0.4) is 0 Å². The van der Waals surface area contributed by atoms with E-state index in [9.17, 15) is 0 Å². The molecule has 1 N–H and O–H groups in total. The SMILES string of the molecule is CC1C=NC=C(c2cc(C3=CC=CNC3)cc(-c3cccc(-c4cc(C5=CN=CCC5)cc(-c5cccnc5)c4)c3)c2)C1. The standard InChI is InChI=1S/C39H34N4/c1-27-14-39(26-43-22-27)38-19-34(18-37(21-38)32-10-5-13-42-25-32)29-7-2-6-28(15-29)33-16-35(30-8-3-11-40-23-30)20-36(17-33)31-9-4-12-41-24-31/h2-3,5-8,10-13,15-24,26-27,42H,4,9,14,25H2,1H3. The predicted molar refractivity (Wildman–Crippen MR) is 182 cm³/mol. The van der Waals surface area contributed by atoms with Crippen molar-refractivity contribution in [2.24, 2.45) is 15.9 Å². The van der Waals surface area contributed by atoms with Gasteiger partial charge in [-0.2, -0.15) is 0 Å². The number of benzene rings is 3. The second-order valence-electron chi connectivity index (χ2n) is 11.5. The van der Waals surface area contributed by atoms with Gasteiger partial charge in [0.25, 0.3) is 0 Å². The van der Waals surface area contributed by atoms with Crippen molar-refractivity contribution >= 4 is 29.1 Å². The van der Waals surface area contributed by atoms with Crippen molar-refractivity contribution < 1.29 is 0 Å². The minimum Gasteiger partial charge on any atom is -0.387 e. The molecule has 1 atom stereocenters. The summed E-state index contributed by atoms with van der Waals surface area (Å²) in [4.78, 5) is 13.4. The summed E-state index contributed by atoms with van der Waals surface area (Å²) in [6.45, 7) is 3.05. The minimum absolute atomic E-state index is 0.431. The van der Waals surface area contributed by atoms with Crippen molar-refractivity contribution in [1.29, 1.82) is 0 Å². The molecule has 0 fully saturated rings. The van der Waals surface area contributed by atoms with Crippen LogP contribution in [0.2, 0.25) is 0 Å². The average Bonchev–Trinajstić information content (AvgIpc) is 3.09. The number of aromatic nitrogens is 1. The van der Waals surface area contributed by atoms with E-state index in [-0.39, 0.29) is 0 Å². The maximum Gasteiger partial charge on any atom is 0.0401 e. The van der Waals surface area contributed by atoms with E-state index in [1.165, 1.54) is 55.7 Å². The molecule has 0 radical (unpaired) electrons. The molecule has 4 aromatic rings. The van der Waals surface area contributed by atoms with Gasteiger partial charge in [0.05, 0.1) is 0 Å². The number of dihydropyridines is 1. The Kier molecular flexibility index (Phi) is 7.49. The van der Waals surface area contributed by atoms with Crippen LogP contribution in [0.4, 0.5) is 0 Å². The highest BCUT2D eigenvalue weighted by molar-refractivity contribution is 5.86. The lowest BCUT2D eigenvalue weighted by atomic mass is 9.88. The first kappa shape index (κ1) is 26.8. The molecule has 3 aromatic carbocycles. The highest BCUT2D eigenvalue weighted by Gasteiger charge is 2.16. The molecule has 0 amide bonds. The van der Waals surface area contributed by atoms with Crippen molar-refractivity contribution in [2.45, 2.75) is 26.2 Å². The Balaban J connectivity index is 1.34. The Morgan fingerprint density at radius 1 is 0.674 bits per heavy atom. The highest BCUT2D eigenvalue weighted by Crippen LogP contribution is 2.36. The van der Waals surface area contributed by atoms with Gasteiger partial charge in [-0.3, -0.25) is 15.0 Å². The highest BCUT2D eigenvalue weighted by atomic mass is 14.8. The van der Waals surface area contributed by atoms with Crippen LogP contribution in [0.25, 0.3) is 50.1 Å². The van der Waals surface area contributed by atoms with Crippen LogP contribution in [0.1, 0.15) is 42.9 Å². The monoisotopic (exact) mass is 558 g/mol. The summed E-state index contributed by atoms with van der Waals surface area (Å²) >= 11 is 0. The molecule has 4 heterocycles. The van der Waals surface area contributed by atoms with Gasteiger partial charge in [0, 0.05) is 49.3 Å². The third-order valence-corrected chi connectivity index (χ3v) is 8.30. The normalized spacial score (nSPS) is 17.6. The van der Waals surface area contributed by atoms with Crippen molar-refractivity contribution in [2.75, 3.05) is 6.54 Å². The molecule has 210 valence electrons. The number of hydrogen-bond acceptors (Lipinski definition) is 4. The van der Waals surface area contributed by atoms with Crippen molar-refractivity contribution in [3.8, 4) is 33.4 Å². The van der Waals surface area contributed by atoms with Gasteiger partial charge < -0.3 is 5.32 Å². The number of nitrogens with one attached hydrogen (secondary N) is 1. The molecule has 0 spiro atoms. The van der Waals surface area contributed by atoms with Gasteiger partial charge in [0.1, 0.15) is 0 Å². The van der Waals surface area contributed by atoms with E-state index in [1.54, 1.807) is 0 Å². The van der Waals surface area contributed by atoms with E-state index in [4.69, 9.17) is 0 Å². The second-order valence-corrected chi connectivity index (χ2v) is 11.5. The lowest BCUT2D eigenvalue weighted by Gasteiger charge is -2.19. The molecule has 1 aromatic heterocycles. The molecule has 3 aliphatic heterocycles. The van der Waals surface area contributed by atoms with Gasteiger partial charge in [-0.15, -0.1) is 0 Å². The number of rotatable bonds is 6. The summed E-state index contributed by atoms with van der Waals surface area (Å²) in [7, 11) is 0. The summed E-state index contributed by atoms with van der Waals surface area (Å²) < 4.78 is 0. The number of nitrogens with zero attached hydrogens (tertiary/aromatic N) is 3. The van der Waals surface area contributed by atoms with Gasteiger partial charge in [0.15, 0.2) is 0 Å². The smallest absolute Gasteiger partial charge is 0.0401 e. The molecule has 3 aliphatic rings. The molecule has 4 nitrogen and oxygen atoms in total. The van der Waals surface area contributed by atoms with Crippen LogP contribution in [0.5, 0.6) is 0 Å². The number of allylic oxidation sites excluding steroid dienone is 4. The number of aliphatic imine (C=N–C) groups is 2. The Morgan fingerprint density at radius 2 is 1.33 bits per heavy atom. The Morgan fingerprint density at radius 3 is 2.00 bits per heavy atom. The third-order valence-electron chi connectivity index (χ3n) is 8.30. The molecule has 0 bridgehead atoms. The topological polar surface area (TPSA) is 49.6 Å². The zero-order valence-corrected chi connectivity index (χ0v) is 24.4. The second kappa shape index (κ2) is 12.0. The van der Waals surface area contributed by atoms with Crippen LogP contribution in [-0.4, -0.2) is 24.0 Å². The summed E-state index contributed by atoms with van der Waals surface area (Å²) in [6.07, 6.45) is 21.1. The fourth-order valence-electron chi connectivity index (χ4n) is 6.03. The molecule has 0 saturated carbocycles. The predicted octanol–water partition coefficient (Wildman–Crippen LogP) is 9.24. The summed E-state index contributed by atoms with van der Waals surface area (Å²) in [6, 6.07) is 26.9. The minimum atomic E-state index is 0.431. The fourth-order valence-corrected chi connectivity index (χ4v) is 6.03. The maximum absolute atomic E-state index is 4.55. The first-order chi connectivity index (χ1) is 21.2. The summed E-state index contributed by atoms with van der Waals surface area (Å²) in [5, 5.41) is 3.38. The Bertz CT molecular complexity index is 1850. The van der Waals surface area contributed by atoms with Crippen molar-refractivity contribution in [1.82, 2.24) is 10.3 Å². The molecular formula is C39H34N4. The first-order valence-corrected chi connectivity index (χ1v) is 15.0. The van der Waals surface area contributed by atoms with E-state index in [1.807, 2.05) is 49.5 Å². The molecule has 4 heteroatoms. The first-order valence-electron chi connectivity index (χ1n) is 15.0. The molecule has 0 aliphatic carbocycles. The van der Waals surface area contributed by atoms with Crippen LogP contribution in [0.15, 0.2) is 126 Å². The average molecular weight is 559 g/mol. The zero-order chi connectivity index (χ0) is 29.0. The lowest BCUT2D eigenvalue weighted by molar-refractivity contribution is 0.809. The Labute approximate surface area is 253 Å². The van der Waals surface area contributed by atoms with Gasteiger partial charge in [-0.05, 0) is 147 Å². The molecule has 7 rings (SSSR count). The fraction of sp³-hybridized carbons (Fsp3) is 0.154. The van der Waals surface area contributed by atoms with Gasteiger partial charge >= 0.3 is 0 Å². The van der Waals surface area contributed by atoms with Crippen LogP contribution in [0, 0.1) is 5.92 Å². The van der Waals surface area contributed by atoms with Gasteiger partial charge in [-0.1, -0.05) is 37.3 Å². The third kappa shape index (κ3) is 5.96. The molecule has 43 heavy (non-hydrogen) atoms. The largest absolute Gasteiger partial charge is 0.387 e. The molecular weight excluding hydrogens is 524 g/mol. The lowest BCUT2D eigenvalue weighted by Crippen LogP contribution is -2.12. The van der Waals surface area contributed by atoms with Gasteiger partial charge in [-0.25, -0.2) is 0 Å². The summed E-state index contributed by atoms with van der Waals surface area (Å²) in [5.41, 5.74) is 14.6. The molecule has 0 saturated heterocycles. The Hall–Kier alpha value is -5.09. The maximum atomic E-state index is 4.55. The van der Waals surface area contributed by atoms with Crippen LogP contribution in [-0.2, 0) is 0 Å². The number of hydrogen-bond donors (Lipinski definition) is 1. The van der Waals surface area contributed by atoms with Crippen molar-refractivity contribution in [3.05, 3.63) is 133 Å². The van der Waals surface area contributed by atoms with E-state index < -0.39 is 0 Å².